The van der Waals surface area contributed by atoms with Crippen LogP contribution in [0.1, 0.15) is 21.6 Å². The summed E-state index contributed by atoms with van der Waals surface area (Å²) in [5.74, 6) is -0.210. The Morgan fingerprint density at radius 2 is 1.73 bits per heavy atom. The molecule has 110 valence electrons. The third kappa shape index (κ3) is 3.03. The van der Waals surface area contributed by atoms with Gasteiger partial charge in [-0.05, 0) is 55.3 Å². The van der Waals surface area contributed by atoms with E-state index in [0.717, 1.165) is 22.4 Å². The molecule has 0 saturated carbocycles. The Hall–Kier alpha value is -2.95. The number of amides is 1. The number of hydrogen-bond acceptors (Lipinski definition) is 3. The molecule has 0 spiro atoms. The quantitative estimate of drug-likeness (QED) is 0.777. The van der Waals surface area contributed by atoms with E-state index in [2.05, 4.69) is 26.6 Å². The van der Waals surface area contributed by atoms with Gasteiger partial charge < -0.3 is 5.32 Å². The van der Waals surface area contributed by atoms with Gasteiger partial charge in [0.2, 0.25) is 0 Å². The van der Waals surface area contributed by atoms with Crippen molar-refractivity contribution in [3.63, 3.8) is 0 Å². The van der Waals surface area contributed by atoms with Crippen molar-refractivity contribution in [3.8, 4) is 11.3 Å². The fourth-order valence-electron chi connectivity index (χ4n) is 2.35. The molecule has 0 radical (unpaired) electrons. The van der Waals surface area contributed by atoms with Crippen molar-refractivity contribution < 1.29 is 4.79 Å². The summed E-state index contributed by atoms with van der Waals surface area (Å²) in [5.41, 5.74) is 5.05. The molecule has 0 bridgehead atoms. The minimum atomic E-state index is -0.210. The first kappa shape index (κ1) is 14.0. The van der Waals surface area contributed by atoms with Crippen LogP contribution in [-0.2, 0) is 0 Å². The van der Waals surface area contributed by atoms with Crippen molar-refractivity contribution in [2.75, 3.05) is 5.32 Å². The molecule has 0 fully saturated rings. The van der Waals surface area contributed by atoms with Crippen LogP contribution in [0.3, 0.4) is 0 Å². The van der Waals surface area contributed by atoms with Crippen molar-refractivity contribution >= 4 is 11.6 Å². The largest absolute Gasteiger partial charge is 0.321 e. The summed E-state index contributed by atoms with van der Waals surface area (Å²) in [6.07, 6.45) is 3.39. The highest BCUT2D eigenvalue weighted by Crippen LogP contribution is 2.18. The molecule has 1 aromatic carbocycles. The number of aromatic amines is 1. The summed E-state index contributed by atoms with van der Waals surface area (Å²) in [4.78, 5) is 16.3. The average molecular weight is 292 g/mol. The molecule has 3 rings (SSSR count). The predicted octanol–water partition coefficient (Wildman–Crippen LogP) is 3.34. The maximum atomic E-state index is 12.3. The summed E-state index contributed by atoms with van der Waals surface area (Å²) in [7, 11) is 0. The molecule has 0 unspecified atom stereocenters. The fourth-order valence-corrected chi connectivity index (χ4v) is 2.35. The number of anilines is 1. The zero-order chi connectivity index (χ0) is 15.5. The Bertz CT molecular complexity index is 788. The first-order valence-electron chi connectivity index (χ1n) is 6.97. The van der Waals surface area contributed by atoms with Gasteiger partial charge in [0.15, 0.2) is 0 Å². The number of H-pyrrole nitrogens is 1. The molecule has 5 heteroatoms. The second-order valence-electron chi connectivity index (χ2n) is 5.23. The van der Waals surface area contributed by atoms with Gasteiger partial charge in [-0.2, -0.15) is 5.10 Å². The number of carbonyl (C=O) groups is 1. The Morgan fingerprint density at radius 3 is 2.41 bits per heavy atom. The standard InChI is InChI=1S/C17H16N4O/c1-11-7-12(2)9-14(8-11)19-17(22)16-10-15(20-21-16)13-3-5-18-6-4-13/h3-10H,1-2H3,(H,19,22)(H,20,21). The van der Waals surface area contributed by atoms with Crippen molar-refractivity contribution in [2.45, 2.75) is 13.8 Å². The lowest BCUT2D eigenvalue weighted by atomic mass is 10.1. The number of aryl methyl sites for hydroxylation is 2. The van der Waals surface area contributed by atoms with Crippen molar-refractivity contribution in [2.24, 2.45) is 0 Å². The van der Waals surface area contributed by atoms with Crippen molar-refractivity contribution in [1.82, 2.24) is 15.2 Å². The number of benzene rings is 1. The lowest BCUT2D eigenvalue weighted by Gasteiger charge is -2.06. The van der Waals surface area contributed by atoms with Crippen LogP contribution in [0.4, 0.5) is 5.69 Å². The Labute approximate surface area is 128 Å². The molecule has 22 heavy (non-hydrogen) atoms. The number of hydrogen-bond donors (Lipinski definition) is 2. The first-order valence-corrected chi connectivity index (χ1v) is 6.97. The zero-order valence-electron chi connectivity index (χ0n) is 12.4. The van der Waals surface area contributed by atoms with Crippen LogP contribution < -0.4 is 5.32 Å². The molecule has 3 aromatic rings. The van der Waals surface area contributed by atoms with Gasteiger partial charge in [0, 0.05) is 23.6 Å². The van der Waals surface area contributed by atoms with E-state index in [1.807, 2.05) is 38.1 Å². The summed E-state index contributed by atoms with van der Waals surface area (Å²) >= 11 is 0. The van der Waals surface area contributed by atoms with E-state index < -0.39 is 0 Å². The number of nitrogens with zero attached hydrogens (tertiary/aromatic N) is 2. The van der Waals surface area contributed by atoms with Crippen LogP contribution in [-0.4, -0.2) is 21.1 Å². The lowest BCUT2D eigenvalue weighted by molar-refractivity contribution is 0.102. The van der Waals surface area contributed by atoms with Crippen LogP contribution in [0.15, 0.2) is 48.8 Å². The predicted molar refractivity (Wildman–Crippen MR) is 85.7 cm³/mol. The van der Waals surface area contributed by atoms with E-state index in [4.69, 9.17) is 0 Å². The molecule has 5 nitrogen and oxygen atoms in total. The Morgan fingerprint density at radius 1 is 1.05 bits per heavy atom. The maximum Gasteiger partial charge on any atom is 0.273 e. The van der Waals surface area contributed by atoms with Gasteiger partial charge >= 0.3 is 0 Å². The van der Waals surface area contributed by atoms with E-state index in [1.165, 1.54) is 0 Å². The van der Waals surface area contributed by atoms with Crippen molar-refractivity contribution in [3.05, 3.63) is 65.6 Å². The SMILES string of the molecule is Cc1cc(C)cc(NC(=O)c2cc(-c3ccncc3)n[nH]2)c1. The van der Waals surface area contributed by atoms with Gasteiger partial charge in [0.05, 0.1) is 5.69 Å². The van der Waals surface area contributed by atoms with Gasteiger partial charge in [-0.3, -0.25) is 14.9 Å². The lowest BCUT2D eigenvalue weighted by Crippen LogP contribution is -2.12. The van der Waals surface area contributed by atoms with Gasteiger partial charge in [-0.25, -0.2) is 0 Å². The van der Waals surface area contributed by atoms with Crippen LogP contribution in [0.2, 0.25) is 0 Å². The maximum absolute atomic E-state index is 12.3. The third-order valence-electron chi connectivity index (χ3n) is 3.28. The minimum absolute atomic E-state index is 0.210. The van der Waals surface area contributed by atoms with Gasteiger partial charge in [-0.15, -0.1) is 0 Å². The van der Waals surface area contributed by atoms with Gasteiger partial charge in [0.1, 0.15) is 5.69 Å². The second-order valence-corrected chi connectivity index (χ2v) is 5.23. The van der Waals surface area contributed by atoms with Crippen molar-refractivity contribution in [1.29, 1.82) is 0 Å². The summed E-state index contributed by atoms with van der Waals surface area (Å²) in [5, 5.41) is 9.82. The van der Waals surface area contributed by atoms with Gasteiger partial charge in [-0.1, -0.05) is 6.07 Å². The molecule has 2 heterocycles. The first-order chi connectivity index (χ1) is 10.6. The van der Waals surface area contributed by atoms with Crippen LogP contribution in [0.25, 0.3) is 11.3 Å². The smallest absolute Gasteiger partial charge is 0.273 e. The minimum Gasteiger partial charge on any atom is -0.321 e. The number of nitrogens with one attached hydrogen (secondary N) is 2. The van der Waals surface area contributed by atoms with Crippen LogP contribution in [0.5, 0.6) is 0 Å². The molecule has 0 saturated heterocycles. The Balaban J connectivity index is 1.80. The highest BCUT2D eigenvalue weighted by atomic mass is 16.1. The highest BCUT2D eigenvalue weighted by molar-refractivity contribution is 6.03. The molecular formula is C17H16N4O. The topological polar surface area (TPSA) is 70.7 Å². The normalized spacial score (nSPS) is 10.5. The molecule has 0 aliphatic rings. The molecule has 0 atom stereocenters. The molecule has 0 aliphatic heterocycles. The molecule has 2 aromatic heterocycles. The fraction of sp³-hybridized carbons (Fsp3) is 0.118. The van der Waals surface area contributed by atoms with Crippen LogP contribution in [0, 0.1) is 13.8 Å². The average Bonchev–Trinajstić information content (AvgIpc) is 2.97. The van der Waals surface area contributed by atoms with E-state index >= 15 is 0 Å². The van der Waals surface area contributed by atoms with E-state index in [1.54, 1.807) is 18.5 Å². The van der Waals surface area contributed by atoms with Gasteiger partial charge in [0.25, 0.3) is 5.91 Å². The van der Waals surface area contributed by atoms with E-state index in [0.29, 0.717) is 11.4 Å². The monoisotopic (exact) mass is 292 g/mol. The van der Waals surface area contributed by atoms with E-state index in [-0.39, 0.29) is 5.91 Å². The summed E-state index contributed by atoms with van der Waals surface area (Å²) in [6, 6.07) is 11.4. The number of pyridine rings is 1. The molecule has 2 N–H and O–H groups in total. The number of carbonyl (C=O) groups excluding carboxylic acids is 1. The second kappa shape index (κ2) is 5.81. The molecular weight excluding hydrogens is 276 g/mol. The highest BCUT2D eigenvalue weighted by Gasteiger charge is 2.11. The number of rotatable bonds is 3. The zero-order valence-corrected chi connectivity index (χ0v) is 12.4. The van der Waals surface area contributed by atoms with E-state index in [9.17, 15) is 4.79 Å². The Kier molecular flexibility index (Phi) is 3.70. The summed E-state index contributed by atoms with van der Waals surface area (Å²) in [6.45, 7) is 4.00. The third-order valence-corrected chi connectivity index (χ3v) is 3.28. The molecule has 1 amide bonds. The summed E-state index contributed by atoms with van der Waals surface area (Å²) < 4.78 is 0. The van der Waals surface area contributed by atoms with Crippen LogP contribution >= 0.6 is 0 Å². The molecule has 0 aliphatic carbocycles. The number of aromatic nitrogens is 3.